The molecule has 0 radical (unpaired) electrons. The van der Waals surface area contributed by atoms with Gasteiger partial charge in [-0.3, -0.25) is 14.5 Å². The van der Waals surface area contributed by atoms with E-state index in [2.05, 4.69) is 0 Å². The van der Waals surface area contributed by atoms with Crippen LogP contribution in [-0.2, 0) is 14.3 Å². The molecular weight excluding hydrogens is 350 g/mol. The maximum Gasteiger partial charge on any atom is 0.326 e. The van der Waals surface area contributed by atoms with Gasteiger partial charge in [0.25, 0.3) is 5.91 Å². The summed E-state index contributed by atoms with van der Waals surface area (Å²) in [5.74, 6) is 0.424. The van der Waals surface area contributed by atoms with E-state index < -0.39 is 5.97 Å². The van der Waals surface area contributed by atoms with Gasteiger partial charge in [-0.15, -0.1) is 0 Å². The van der Waals surface area contributed by atoms with E-state index >= 15 is 0 Å². The highest BCUT2D eigenvalue weighted by atomic mass is 32.2. The molecular formula is C16H17NO5S2. The SMILES string of the molecule is CCOC(=O)CN1C(=O)/C(=C/c2cc(OC)ccc2OC)SC1=S. The van der Waals surface area contributed by atoms with Crippen molar-refractivity contribution in [3.8, 4) is 11.5 Å². The fourth-order valence-corrected chi connectivity index (χ4v) is 3.31. The number of hydrogen-bond acceptors (Lipinski definition) is 7. The van der Waals surface area contributed by atoms with Crippen molar-refractivity contribution in [3.05, 3.63) is 28.7 Å². The summed E-state index contributed by atoms with van der Waals surface area (Å²) in [6.07, 6.45) is 1.67. The van der Waals surface area contributed by atoms with Crippen LogP contribution in [0.2, 0.25) is 0 Å². The van der Waals surface area contributed by atoms with Crippen LogP contribution in [0.4, 0.5) is 0 Å². The lowest BCUT2D eigenvalue weighted by atomic mass is 10.1. The molecule has 0 unspecified atom stereocenters. The van der Waals surface area contributed by atoms with Gasteiger partial charge in [-0.1, -0.05) is 24.0 Å². The molecule has 1 aliphatic rings. The van der Waals surface area contributed by atoms with Crippen LogP contribution < -0.4 is 9.47 Å². The molecule has 0 spiro atoms. The normalized spacial score (nSPS) is 15.8. The minimum atomic E-state index is -0.492. The lowest BCUT2D eigenvalue weighted by molar-refractivity contribution is -0.145. The Bertz CT molecular complexity index is 702. The molecule has 0 N–H and O–H groups in total. The molecule has 0 aromatic heterocycles. The highest BCUT2D eigenvalue weighted by Gasteiger charge is 2.33. The van der Waals surface area contributed by atoms with E-state index in [0.29, 0.717) is 26.3 Å². The van der Waals surface area contributed by atoms with E-state index in [-0.39, 0.29) is 19.1 Å². The summed E-state index contributed by atoms with van der Waals surface area (Å²) in [5.41, 5.74) is 0.688. The van der Waals surface area contributed by atoms with Crippen molar-refractivity contribution >= 4 is 46.3 Å². The highest BCUT2D eigenvalue weighted by molar-refractivity contribution is 8.26. The molecule has 1 amide bonds. The number of benzene rings is 1. The van der Waals surface area contributed by atoms with Crippen LogP contribution in [0.1, 0.15) is 12.5 Å². The molecule has 128 valence electrons. The molecule has 0 saturated carbocycles. The summed E-state index contributed by atoms with van der Waals surface area (Å²) in [7, 11) is 3.11. The topological polar surface area (TPSA) is 65.1 Å². The first-order chi connectivity index (χ1) is 11.5. The first-order valence-corrected chi connectivity index (χ1v) is 8.35. The van der Waals surface area contributed by atoms with Gasteiger partial charge in [0.2, 0.25) is 0 Å². The van der Waals surface area contributed by atoms with Crippen LogP contribution >= 0.6 is 24.0 Å². The number of hydrogen-bond donors (Lipinski definition) is 0. The Hall–Kier alpha value is -2.06. The summed E-state index contributed by atoms with van der Waals surface area (Å²) in [6.45, 7) is 1.77. The zero-order valence-electron chi connectivity index (χ0n) is 13.5. The predicted octanol–water partition coefficient (Wildman–Crippen LogP) is 2.47. The predicted molar refractivity (Wildman–Crippen MR) is 96.1 cm³/mol. The average Bonchev–Trinajstić information content (AvgIpc) is 2.82. The van der Waals surface area contributed by atoms with E-state index in [1.54, 1.807) is 45.4 Å². The molecule has 0 atom stereocenters. The molecule has 1 aromatic carbocycles. The zero-order chi connectivity index (χ0) is 17.7. The van der Waals surface area contributed by atoms with Crippen molar-refractivity contribution in [1.29, 1.82) is 0 Å². The molecule has 1 saturated heterocycles. The van der Waals surface area contributed by atoms with Gasteiger partial charge in [-0.25, -0.2) is 0 Å². The minimum Gasteiger partial charge on any atom is -0.497 e. The Labute approximate surface area is 149 Å². The average molecular weight is 367 g/mol. The van der Waals surface area contributed by atoms with Crippen molar-refractivity contribution < 1.29 is 23.8 Å². The molecule has 8 heteroatoms. The first-order valence-electron chi connectivity index (χ1n) is 7.13. The van der Waals surface area contributed by atoms with E-state index in [1.165, 1.54) is 4.90 Å². The van der Waals surface area contributed by atoms with Gasteiger partial charge in [0.05, 0.1) is 25.7 Å². The first kappa shape index (κ1) is 18.3. The standard InChI is InChI=1S/C16H17NO5S2/c1-4-22-14(18)9-17-15(19)13(24-16(17)23)8-10-7-11(20-2)5-6-12(10)21-3/h5-8H,4,9H2,1-3H3/b13-8-. The molecule has 0 aliphatic carbocycles. The Morgan fingerprint density at radius 2 is 2.08 bits per heavy atom. The van der Waals surface area contributed by atoms with Crippen LogP contribution in [0.3, 0.4) is 0 Å². The van der Waals surface area contributed by atoms with E-state index in [9.17, 15) is 9.59 Å². The molecule has 1 fully saturated rings. The van der Waals surface area contributed by atoms with E-state index in [0.717, 1.165) is 11.8 Å². The lowest BCUT2D eigenvalue weighted by Gasteiger charge is -2.12. The van der Waals surface area contributed by atoms with Gasteiger partial charge in [0, 0.05) is 5.56 Å². The van der Waals surface area contributed by atoms with Crippen molar-refractivity contribution in [2.45, 2.75) is 6.92 Å². The van der Waals surface area contributed by atoms with Crippen LogP contribution in [0.15, 0.2) is 23.1 Å². The Balaban J connectivity index is 2.27. The third-order valence-electron chi connectivity index (χ3n) is 3.19. The second kappa shape index (κ2) is 8.16. The summed E-state index contributed by atoms with van der Waals surface area (Å²) < 4.78 is 15.7. The largest absolute Gasteiger partial charge is 0.497 e. The Kier molecular flexibility index (Phi) is 6.22. The van der Waals surface area contributed by atoms with Crippen LogP contribution in [-0.4, -0.2) is 48.5 Å². The van der Waals surface area contributed by atoms with Crippen molar-refractivity contribution in [2.24, 2.45) is 0 Å². The quantitative estimate of drug-likeness (QED) is 0.435. The van der Waals surface area contributed by atoms with Crippen LogP contribution in [0, 0.1) is 0 Å². The van der Waals surface area contributed by atoms with Gasteiger partial charge >= 0.3 is 5.97 Å². The van der Waals surface area contributed by atoms with Crippen molar-refractivity contribution in [3.63, 3.8) is 0 Å². The number of amides is 1. The lowest BCUT2D eigenvalue weighted by Crippen LogP contribution is -2.34. The van der Waals surface area contributed by atoms with Crippen molar-refractivity contribution in [2.75, 3.05) is 27.4 Å². The third-order valence-corrected chi connectivity index (χ3v) is 4.57. The van der Waals surface area contributed by atoms with E-state index in [4.69, 9.17) is 26.4 Å². The molecule has 24 heavy (non-hydrogen) atoms. The number of rotatable bonds is 6. The van der Waals surface area contributed by atoms with Gasteiger partial charge < -0.3 is 14.2 Å². The second-order valence-corrected chi connectivity index (χ2v) is 6.36. The fraction of sp³-hybridized carbons (Fsp3) is 0.312. The minimum absolute atomic E-state index is 0.189. The second-order valence-electron chi connectivity index (χ2n) is 4.68. The van der Waals surface area contributed by atoms with Gasteiger partial charge in [-0.2, -0.15) is 0 Å². The van der Waals surface area contributed by atoms with Crippen molar-refractivity contribution in [1.82, 2.24) is 4.90 Å². The number of nitrogens with zero attached hydrogens (tertiary/aromatic N) is 1. The van der Waals surface area contributed by atoms with E-state index in [1.807, 2.05) is 0 Å². The maximum absolute atomic E-state index is 12.5. The summed E-state index contributed by atoms with van der Waals surface area (Å²) in [6, 6.07) is 5.28. The number of methoxy groups -OCH3 is 2. The molecule has 1 aliphatic heterocycles. The zero-order valence-corrected chi connectivity index (χ0v) is 15.2. The number of thioether (sulfide) groups is 1. The summed E-state index contributed by atoms with van der Waals surface area (Å²) in [5, 5.41) is 0. The van der Waals surface area contributed by atoms with Crippen LogP contribution in [0.5, 0.6) is 11.5 Å². The molecule has 2 rings (SSSR count). The monoisotopic (exact) mass is 367 g/mol. The molecule has 1 heterocycles. The maximum atomic E-state index is 12.5. The number of carbonyl (C=O) groups excluding carboxylic acids is 2. The Morgan fingerprint density at radius 3 is 2.71 bits per heavy atom. The molecule has 6 nitrogen and oxygen atoms in total. The molecule has 0 bridgehead atoms. The van der Waals surface area contributed by atoms with Gasteiger partial charge in [-0.05, 0) is 31.2 Å². The summed E-state index contributed by atoms with van der Waals surface area (Å²) in [4.78, 5) is 25.7. The summed E-state index contributed by atoms with van der Waals surface area (Å²) >= 11 is 6.32. The number of ether oxygens (including phenoxy) is 3. The molecule has 1 aromatic rings. The van der Waals surface area contributed by atoms with Crippen LogP contribution in [0.25, 0.3) is 6.08 Å². The number of carbonyl (C=O) groups is 2. The van der Waals surface area contributed by atoms with Gasteiger partial charge in [0.15, 0.2) is 0 Å². The number of thiocarbonyl (C=S) groups is 1. The fourth-order valence-electron chi connectivity index (χ4n) is 2.07. The smallest absolute Gasteiger partial charge is 0.326 e. The third kappa shape index (κ3) is 4.07. The van der Waals surface area contributed by atoms with Gasteiger partial charge in [0.1, 0.15) is 22.4 Å². The number of esters is 1. The Morgan fingerprint density at radius 1 is 1.33 bits per heavy atom. The highest BCUT2D eigenvalue weighted by Crippen LogP contribution is 2.35.